The number of nitrogens with one attached hydrogen (secondary N) is 2. The first-order valence-corrected chi connectivity index (χ1v) is 7.91. The molecule has 4 N–H and O–H groups in total. The lowest BCUT2D eigenvalue weighted by Crippen LogP contribution is -2.86. The first-order chi connectivity index (χ1) is 11.0. The van der Waals surface area contributed by atoms with Gasteiger partial charge in [-0.2, -0.15) is 0 Å². The van der Waals surface area contributed by atoms with Gasteiger partial charge in [0.15, 0.2) is 0 Å². The molecule has 1 atom stereocenters. The summed E-state index contributed by atoms with van der Waals surface area (Å²) in [7, 11) is 0. The summed E-state index contributed by atoms with van der Waals surface area (Å²) in [4.78, 5) is 23.5. The molecule has 0 fully saturated rings. The maximum Gasteiger partial charge on any atom is 0.337 e. The van der Waals surface area contributed by atoms with Crippen molar-refractivity contribution in [2.45, 2.75) is 19.9 Å². The topological polar surface area (TPSA) is 84.0 Å². The second-order valence-electron chi connectivity index (χ2n) is 5.27. The minimum absolute atomic E-state index is 0.136. The molecule has 0 radical (unpaired) electrons. The van der Waals surface area contributed by atoms with E-state index in [0.29, 0.717) is 29.4 Å². The molecule has 7 heteroatoms. The number of hydrogen-bond donors (Lipinski definition) is 3. The van der Waals surface area contributed by atoms with Gasteiger partial charge in [0.25, 0.3) is 0 Å². The summed E-state index contributed by atoms with van der Waals surface area (Å²) in [5.74, 6) is -0.404. The Balaban J connectivity index is 2.08. The molecule has 0 spiro atoms. The van der Waals surface area contributed by atoms with Crippen LogP contribution in [0.15, 0.2) is 35.5 Å². The smallest absolute Gasteiger partial charge is 0.337 e. The number of urea groups is 1. The monoisotopic (exact) mass is 338 g/mol. The fourth-order valence-corrected chi connectivity index (χ4v) is 2.54. The Kier molecular flexibility index (Phi) is 6.01. The van der Waals surface area contributed by atoms with Crippen molar-refractivity contribution in [1.29, 1.82) is 0 Å². The molecule has 0 unspecified atom stereocenters. The third kappa shape index (κ3) is 4.71. The van der Waals surface area contributed by atoms with Crippen LogP contribution in [0.1, 0.15) is 25.5 Å². The normalized spacial score (nSPS) is 15.7. The number of amides is 2. The highest BCUT2D eigenvalue weighted by atomic mass is 35.5. The number of halogens is 1. The van der Waals surface area contributed by atoms with Crippen LogP contribution in [0.4, 0.5) is 4.79 Å². The predicted octanol–water partition coefficient (Wildman–Crippen LogP) is 1.09. The molecule has 2 rings (SSSR count). The number of ether oxygens (including phenoxy) is 1. The molecule has 23 heavy (non-hydrogen) atoms. The third-order valence-corrected chi connectivity index (χ3v) is 3.86. The molecule has 0 bridgehead atoms. The number of quaternary nitrogens is 1. The minimum atomic E-state index is -0.404. The van der Waals surface area contributed by atoms with Crippen LogP contribution >= 0.6 is 11.6 Å². The second kappa shape index (κ2) is 7.99. The van der Waals surface area contributed by atoms with E-state index in [0.717, 1.165) is 5.56 Å². The van der Waals surface area contributed by atoms with Crippen molar-refractivity contribution in [3.63, 3.8) is 0 Å². The van der Waals surface area contributed by atoms with Gasteiger partial charge in [0.05, 0.1) is 24.4 Å². The van der Waals surface area contributed by atoms with Crippen molar-refractivity contribution in [1.82, 2.24) is 10.6 Å². The Morgan fingerprint density at radius 2 is 2.26 bits per heavy atom. The molecule has 124 valence electrons. The van der Waals surface area contributed by atoms with E-state index in [1.165, 1.54) is 0 Å². The summed E-state index contributed by atoms with van der Waals surface area (Å²) in [6, 6.07) is 7.45. The van der Waals surface area contributed by atoms with Crippen LogP contribution in [0.5, 0.6) is 0 Å². The fraction of sp³-hybridized carbons (Fsp3) is 0.375. The Morgan fingerprint density at radius 1 is 1.48 bits per heavy atom. The van der Waals surface area contributed by atoms with E-state index < -0.39 is 5.97 Å². The summed E-state index contributed by atoms with van der Waals surface area (Å²) in [5, 5.41) is 8.00. The van der Waals surface area contributed by atoms with Gasteiger partial charge in [-0.3, -0.25) is 0 Å². The second-order valence-corrected chi connectivity index (χ2v) is 5.71. The van der Waals surface area contributed by atoms with Crippen LogP contribution in [-0.4, -0.2) is 31.7 Å². The summed E-state index contributed by atoms with van der Waals surface area (Å²) >= 11 is 6.01. The quantitative estimate of drug-likeness (QED) is 0.679. The predicted molar refractivity (Wildman–Crippen MR) is 86.9 cm³/mol. The molecule has 1 heterocycles. The molecule has 1 aromatic carbocycles. The zero-order valence-corrected chi connectivity index (χ0v) is 13.9. The van der Waals surface area contributed by atoms with Crippen LogP contribution in [0.2, 0.25) is 5.02 Å². The Labute approximate surface area is 140 Å². The number of esters is 1. The summed E-state index contributed by atoms with van der Waals surface area (Å²) in [6.07, 6.45) is 0. The lowest BCUT2D eigenvalue weighted by atomic mass is 10.1. The number of nitrogens with two attached hydrogens (primary N) is 1. The van der Waals surface area contributed by atoms with Gasteiger partial charge >= 0.3 is 12.0 Å². The zero-order valence-electron chi connectivity index (χ0n) is 13.2. The summed E-state index contributed by atoms with van der Waals surface area (Å²) in [6.45, 7) is 4.74. The molecule has 1 aliphatic heterocycles. The first kappa shape index (κ1) is 17.3. The fourth-order valence-electron chi connectivity index (χ4n) is 2.34. The molecule has 2 amide bonds. The Hall–Kier alpha value is -2.05. The molecule has 6 nitrogen and oxygen atoms in total. The molecular formula is C16H21ClN3O3+. The van der Waals surface area contributed by atoms with E-state index in [9.17, 15) is 9.59 Å². The van der Waals surface area contributed by atoms with Crippen LogP contribution < -0.4 is 16.0 Å². The largest absolute Gasteiger partial charge is 0.463 e. The average Bonchev–Trinajstić information content (AvgIpc) is 2.52. The van der Waals surface area contributed by atoms with Crippen molar-refractivity contribution in [3.05, 3.63) is 46.1 Å². The number of rotatable bonds is 6. The van der Waals surface area contributed by atoms with Gasteiger partial charge in [-0.15, -0.1) is 0 Å². The molecule has 1 aromatic rings. The van der Waals surface area contributed by atoms with Gasteiger partial charge in [-0.25, -0.2) is 9.59 Å². The standard InChI is InChI=1S/C16H20ClN3O3/c1-3-23-15(21)13-8-19-16(22)20-14(13)9-18-10(2)11-5-4-6-12(17)7-11/h4-7,10,18H,3,8-9H2,1-2H3,(H2,19,20,22)/p+1/t10-/m1/s1. The maximum atomic E-state index is 12.0. The van der Waals surface area contributed by atoms with Crippen molar-refractivity contribution < 1.29 is 19.6 Å². The summed E-state index contributed by atoms with van der Waals surface area (Å²) in [5.41, 5.74) is 2.12. The number of carbonyl (C=O) groups is 2. The third-order valence-electron chi connectivity index (χ3n) is 3.63. The summed E-state index contributed by atoms with van der Waals surface area (Å²) < 4.78 is 5.03. The van der Waals surface area contributed by atoms with E-state index in [4.69, 9.17) is 16.3 Å². The molecule has 0 aromatic heterocycles. The van der Waals surface area contributed by atoms with E-state index >= 15 is 0 Å². The highest BCUT2D eigenvalue weighted by Gasteiger charge is 2.25. The molecular weight excluding hydrogens is 318 g/mol. The first-order valence-electron chi connectivity index (χ1n) is 7.54. The molecule has 1 aliphatic rings. The van der Waals surface area contributed by atoms with Crippen LogP contribution in [0, 0.1) is 0 Å². The van der Waals surface area contributed by atoms with Crippen molar-refractivity contribution >= 4 is 23.6 Å². The molecule has 0 saturated heterocycles. The van der Waals surface area contributed by atoms with E-state index in [1.807, 2.05) is 36.5 Å². The number of hydrogen-bond acceptors (Lipinski definition) is 3. The van der Waals surface area contributed by atoms with Crippen molar-refractivity contribution in [2.24, 2.45) is 0 Å². The van der Waals surface area contributed by atoms with E-state index in [-0.39, 0.29) is 18.6 Å². The minimum Gasteiger partial charge on any atom is -0.463 e. The van der Waals surface area contributed by atoms with Crippen molar-refractivity contribution in [2.75, 3.05) is 19.7 Å². The van der Waals surface area contributed by atoms with Crippen LogP contribution in [0.25, 0.3) is 0 Å². The highest BCUT2D eigenvalue weighted by molar-refractivity contribution is 6.30. The van der Waals surface area contributed by atoms with Gasteiger partial charge < -0.3 is 20.7 Å². The average molecular weight is 339 g/mol. The maximum absolute atomic E-state index is 12.0. The van der Waals surface area contributed by atoms with Gasteiger partial charge in [0.1, 0.15) is 12.6 Å². The molecule has 0 saturated carbocycles. The lowest BCUT2D eigenvalue weighted by molar-refractivity contribution is -0.686. The molecule has 0 aliphatic carbocycles. The lowest BCUT2D eigenvalue weighted by Gasteiger charge is -2.21. The van der Waals surface area contributed by atoms with Crippen LogP contribution in [-0.2, 0) is 9.53 Å². The SMILES string of the molecule is CCOC(=O)C1=C(C[NH2+][C@H](C)c2cccc(Cl)c2)NC(=O)NC1. The zero-order chi connectivity index (χ0) is 16.8. The highest BCUT2D eigenvalue weighted by Crippen LogP contribution is 2.15. The van der Waals surface area contributed by atoms with Gasteiger partial charge in [-0.1, -0.05) is 23.7 Å². The van der Waals surface area contributed by atoms with Crippen LogP contribution in [0.3, 0.4) is 0 Å². The van der Waals surface area contributed by atoms with E-state index in [2.05, 4.69) is 10.6 Å². The van der Waals surface area contributed by atoms with Crippen molar-refractivity contribution in [3.8, 4) is 0 Å². The number of carbonyl (C=O) groups excluding carboxylic acids is 2. The van der Waals surface area contributed by atoms with Gasteiger partial charge in [-0.05, 0) is 26.0 Å². The Morgan fingerprint density at radius 3 is 2.96 bits per heavy atom. The number of benzene rings is 1. The Bertz CT molecular complexity index is 631. The van der Waals surface area contributed by atoms with Gasteiger partial charge in [0, 0.05) is 10.6 Å². The van der Waals surface area contributed by atoms with E-state index in [1.54, 1.807) is 6.92 Å². The van der Waals surface area contributed by atoms with Gasteiger partial charge in [0.2, 0.25) is 0 Å².